The van der Waals surface area contributed by atoms with Gasteiger partial charge in [0.25, 0.3) is 0 Å². The van der Waals surface area contributed by atoms with E-state index in [-0.39, 0.29) is 0 Å². The van der Waals surface area contributed by atoms with Gasteiger partial charge in [0, 0.05) is 43.3 Å². The second-order valence-corrected chi connectivity index (χ2v) is 14.9. The van der Waals surface area contributed by atoms with E-state index in [4.69, 9.17) is 14.4 Å². The van der Waals surface area contributed by atoms with Crippen molar-refractivity contribution in [2.45, 2.75) is 0 Å². The summed E-state index contributed by atoms with van der Waals surface area (Å²) in [4.78, 5) is 10.9. The lowest BCUT2D eigenvalue weighted by atomic mass is 10.0. The fourth-order valence-electron chi connectivity index (χ4n) is 9.42. The van der Waals surface area contributed by atoms with Gasteiger partial charge in [-0.15, -0.1) is 0 Å². The molecule has 57 heavy (non-hydrogen) atoms. The average molecular weight is 727 g/mol. The maximum Gasteiger partial charge on any atom is 0.165 e. The predicted molar refractivity (Wildman–Crippen MR) is 236 cm³/mol. The summed E-state index contributed by atoms with van der Waals surface area (Å²) in [6.45, 7) is 0. The lowest BCUT2D eigenvalue weighted by Gasteiger charge is -2.16. The minimum atomic E-state index is 0.779. The number of benzene rings is 9. The van der Waals surface area contributed by atoms with Crippen LogP contribution in [0.25, 0.3) is 121 Å². The SMILES string of the molecule is c1ccc2c(-n3c4ccccc4c4c5ccccc5ccc43)c3c4ccccc4n(-c4nc5ccccc5nc4-c4ccc5oc6ccccc6c5c4)c3cc2c1. The van der Waals surface area contributed by atoms with Crippen molar-refractivity contribution in [3.63, 3.8) is 0 Å². The third-order valence-corrected chi connectivity index (χ3v) is 11.9. The highest BCUT2D eigenvalue weighted by Gasteiger charge is 2.25. The summed E-state index contributed by atoms with van der Waals surface area (Å²) >= 11 is 0. The Morgan fingerprint density at radius 1 is 0.368 bits per heavy atom. The molecule has 4 aromatic heterocycles. The molecule has 264 valence electrons. The monoisotopic (exact) mass is 726 g/mol. The summed E-state index contributed by atoms with van der Waals surface area (Å²) in [7, 11) is 0. The largest absolute Gasteiger partial charge is 0.456 e. The first kappa shape index (κ1) is 30.6. The Morgan fingerprint density at radius 3 is 1.81 bits per heavy atom. The van der Waals surface area contributed by atoms with Crippen molar-refractivity contribution >= 4 is 98.1 Å². The van der Waals surface area contributed by atoms with E-state index < -0.39 is 0 Å². The third kappa shape index (κ3) is 4.23. The van der Waals surface area contributed by atoms with E-state index in [9.17, 15) is 0 Å². The van der Waals surface area contributed by atoms with Gasteiger partial charge in [-0.05, 0) is 76.8 Å². The number of aromatic nitrogens is 4. The molecule has 9 aromatic carbocycles. The second kappa shape index (κ2) is 11.4. The van der Waals surface area contributed by atoms with Crippen LogP contribution in [0.4, 0.5) is 0 Å². The maximum atomic E-state index is 6.26. The molecule has 13 rings (SSSR count). The van der Waals surface area contributed by atoms with Gasteiger partial charge >= 0.3 is 0 Å². The molecule has 0 saturated heterocycles. The van der Waals surface area contributed by atoms with E-state index in [0.717, 1.165) is 82.9 Å². The smallest absolute Gasteiger partial charge is 0.165 e. The first-order chi connectivity index (χ1) is 28.3. The van der Waals surface area contributed by atoms with Gasteiger partial charge in [0.05, 0.1) is 38.8 Å². The Kier molecular flexibility index (Phi) is 6.10. The van der Waals surface area contributed by atoms with Crippen molar-refractivity contribution in [1.82, 2.24) is 19.1 Å². The Bertz CT molecular complexity index is 3830. The van der Waals surface area contributed by atoms with Crippen LogP contribution < -0.4 is 0 Å². The lowest BCUT2D eigenvalue weighted by molar-refractivity contribution is 0.669. The average Bonchev–Trinajstić information content (AvgIpc) is 3.92. The molecular formula is C52H30N4O. The van der Waals surface area contributed by atoms with Gasteiger partial charge in [0.15, 0.2) is 5.82 Å². The van der Waals surface area contributed by atoms with E-state index in [1.54, 1.807) is 0 Å². The Morgan fingerprint density at radius 2 is 0.982 bits per heavy atom. The van der Waals surface area contributed by atoms with Gasteiger partial charge in [0.2, 0.25) is 0 Å². The number of hydrogen-bond donors (Lipinski definition) is 0. The third-order valence-electron chi connectivity index (χ3n) is 11.9. The number of furan rings is 1. The standard InChI is InChI=1S/C52H30N4O/c1-3-15-34-31(13-1)25-27-44-48(34)37-18-5-10-22-42(37)55(44)51-35-16-4-2-14-32(35)30-45-49(51)38-19-6-11-23-43(38)56(45)52-50(53-40-20-8-9-21-41(40)54-52)33-26-28-47-39(29-33)36-17-7-12-24-46(36)57-47/h1-30H. The quantitative estimate of drug-likeness (QED) is 0.182. The summed E-state index contributed by atoms with van der Waals surface area (Å²) in [6.07, 6.45) is 0. The fourth-order valence-corrected chi connectivity index (χ4v) is 9.42. The molecule has 5 nitrogen and oxygen atoms in total. The van der Waals surface area contributed by atoms with E-state index >= 15 is 0 Å². The zero-order chi connectivity index (χ0) is 37.2. The summed E-state index contributed by atoms with van der Waals surface area (Å²) in [5.41, 5.74) is 10.8. The topological polar surface area (TPSA) is 48.8 Å². The Balaban J connectivity index is 1.20. The highest BCUT2D eigenvalue weighted by Crippen LogP contribution is 2.45. The minimum Gasteiger partial charge on any atom is -0.456 e. The predicted octanol–water partition coefficient (Wildman–Crippen LogP) is 13.7. The number of para-hydroxylation sites is 5. The second-order valence-electron chi connectivity index (χ2n) is 14.9. The zero-order valence-electron chi connectivity index (χ0n) is 30.5. The van der Waals surface area contributed by atoms with Crippen LogP contribution in [0, 0.1) is 0 Å². The number of nitrogens with zero attached hydrogens (tertiary/aromatic N) is 4. The van der Waals surface area contributed by atoms with E-state index in [2.05, 4.69) is 161 Å². The van der Waals surface area contributed by atoms with Crippen molar-refractivity contribution in [3.05, 3.63) is 182 Å². The van der Waals surface area contributed by atoms with E-state index in [1.165, 1.54) is 38.0 Å². The zero-order valence-corrected chi connectivity index (χ0v) is 30.5. The molecule has 0 saturated carbocycles. The molecule has 0 spiro atoms. The number of hydrogen-bond acceptors (Lipinski definition) is 3. The van der Waals surface area contributed by atoms with Crippen molar-refractivity contribution in [1.29, 1.82) is 0 Å². The summed E-state index contributed by atoms with van der Waals surface area (Å²) in [6, 6.07) is 64.8. The molecule has 0 amide bonds. The molecule has 0 aliphatic carbocycles. The molecule has 0 atom stereocenters. The van der Waals surface area contributed by atoms with Gasteiger partial charge in [-0.3, -0.25) is 4.57 Å². The number of rotatable bonds is 3. The van der Waals surface area contributed by atoms with Crippen LogP contribution in [0.1, 0.15) is 0 Å². The molecule has 0 bridgehead atoms. The van der Waals surface area contributed by atoms with E-state index in [1.807, 2.05) is 30.3 Å². The molecule has 0 aliphatic heterocycles. The van der Waals surface area contributed by atoms with Crippen LogP contribution in [0.15, 0.2) is 186 Å². The normalized spacial score (nSPS) is 12.2. The molecule has 0 N–H and O–H groups in total. The van der Waals surface area contributed by atoms with Crippen LogP contribution in [-0.4, -0.2) is 19.1 Å². The van der Waals surface area contributed by atoms with Crippen molar-refractivity contribution in [3.8, 4) is 22.8 Å². The van der Waals surface area contributed by atoms with Gasteiger partial charge in [0.1, 0.15) is 16.9 Å². The molecule has 0 fully saturated rings. The molecule has 0 aliphatic rings. The fraction of sp³-hybridized carbons (Fsp3) is 0. The van der Waals surface area contributed by atoms with Crippen LogP contribution in [0.2, 0.25) is 0 Å². The van der Waals surface area contributed by atoms with Gasteiger partial charge in [-0.2, -0.15) is 0 Å². The Hall–Kier alpha value is -7.76. The van der Waals surface area contributed by atoms with Crippen LogP contribution >= 0.6 is 0 Å². The molecule has 0 unspecified atom stereocenters. The molecule has 5 heteroatoms. The highest BCUT2D eigenvalue weighted by atomic mass is 16.3. The first-order valence-electron chi connectivity index (χ1n) is 19.3. The lowest BCUT2D eigenvalue weighted by Crippen LogP contribution is -2.04. The Labute approximate surface area is 325 Å². The molecular weight excluding hydrogens is 697 g/mol. The summed E-state index contributed by atoms with van der Waals surface area (Å²) < 4.78 is 11.1. The van der Waals surface area contributed by atoms with Crippen molar-refractivity contribution in [2.75, 3.05) is 0 Å². The summed E-state index contributed by atoms with van der Waals surface area (Å²) in [5.74, 6) is 0.779. The van der Waals surface area contributed by atoms with Crippen molar-refractivity contribution < 1.29 is 4.42 Å². The van der Waals surface area contributed by atoms with E-state index in [0.29, 0.717) is 0 Å². The first-order valence-corrected chi connectivity index (χ1v) is 19.3. The highest BCUT2D eigenvalue weighted by molar-refractivity contribution is 6.25. The van der Waals surface area contributed by atoms with Gasteiger partial charge in [-0.25, -0.2) is 9.97 Å². The van der Waals surface area contributed by atoms with Crippen LogP contribution in [0.3, 0.4) is 0 Å². The van der Waals surface area contributed by atoms with Crippen LogP contribution in [-0.2, 0) is 0 Å². The molecule has 13 aromatic rings. The molecule has 4 heterocycles. The molecule has 0 radical (unpaired) electrons. The van der Waals surface area contributed by atoms with Crippen LogP contribution in [0.5, 0.6) is 0 Å². The van der Waals surface area contributed by atoms with Gasteiger partial charge < -0.3 is 8.98 Å². The summed E-state index contributed by atoms with van der Waals surface area (Å²) in [5, 5.41) is 11.8. The number of fused-ring (bicyclic) bond motifs is 13. The minimum absolute atomic E-state index is 0.779. The van der Waals surface area contributed by atoms with Gasteiger partial charge in [-0.1, -0.05) is 121 Å². The maximum absolute atomic E-state index is 6.26. The van der Waals surface area contributed by atoms with Crippen molar-refractivity contribution in [2.24, 2.45) is 0 Å².